The number of nitrogens with one attached hydrogen (secondary N) is 1. The van der Waals surface area contributed by atoms with Gasteiger partial charge >= 0.3 is 0 Å². The third kappa shape index (κ3) is 4.23. The minimum Gasteiger partial charge on any atom is -0.311 e. The summed E-state index contributed by atoms with van der Waals surface area (Å²) in [5, 5.41) is 4.26. The quantitative estimate of drug-likeness (QED) is 0.767. The molecule has 0 spiro atoms. The Hall–Kier alpha value is -0.0900. The number of halogens is 2. The predicted molar refractivity (Wildman–Crippen MR) is 81.1 cm³/mol. The summed E-state index contributed by atoms with van der Waals surface area (Å²) in [7, 11) is 0. The average molecular weight is 332 g/mol. The lowest BCUT2D eigenvalue weighted by molar-refractivity contribution is 0.277. The summed E-state index contributed by atoms with van der Waals surface area (Å²) < 4.78 is 0.957. The van der Waals surface area contributed by atoms with Gasteiger partial charge in [0.2, 0.25) is 0 Å². The van der Waals surface area contributed by atoms with Crippen molar-refractivity contribution >= 4 is 27.5 Å². The third-order valence-corrected chi connectivity index (χ3v) is 4.59. The first-order valence-corrected chi connectivity index (χ1v) is 7.76. The van der Waals surface area contributed by atoms with Gasteiger partial charge in [-0.2, -0.15) is 0 Å². The van der Waals surface area contributed by atoms with Crippen LogP contribution in [0, 0.1) is 0 Å². The second kappa shape index (κ2) is 6.90. The highest BCUT2D eigenvalue weighted by molar-refractivity contribution is 9.10. The smallest absolute Gasteiger partial charge is 0.0551 e. The fourth-order valence-corrected chi connectivity index (χ4v) is 2.59. The van der Waals surface area contributed by atoms with Crippen LogP contribution < -0.4 is 5.32 Å². The van der Waals surface area contributed by atoms with Crippen molar-refractivity contribution < 1.29 is 0 Å². The van der Waals surface area contributed by atoms with Gasteiger partial charge in [-0.1, -0.05) is 24.6 Å². The Kier molecular flexibility index (Phi) is 5.49. The molecule has 0 aromatic heterocycles. The number of nitrogens with zero attached hydrogens (tertiary/aromatic N) is 1. The van der Waals surface area contributed by atoms with Crippen molar-refractivity contribution in [2.24, 2.45) is 0 Å². The molecule has 18 heavy (non-hydrogen) atoms. The maximum atomic E-state index is 6.07. The molecule has 1 saturated carbocycles. The molecule has 2 rings (SSSR count). The fourth-order valence-electron chi connectivity index (χ4n) is 2.14. The zero-order valence-corrected chi connectivity index (χ0v) is 13.1. The average Bonchev–Trinajstić information content (AvgIpc) is 3.18. The van der Waals surface area contributed by atoms with E-state index in [1.54, 1.807) is 0 Å². The molecule has 2 nitrogen and oxygen atoms in total. The maximum Gasteiger partial charge on any atom is 0.0551 e. The summed E-state index contributed by atoms with van der Waals surface area (Å²) in [6.45, 7) is 6.47. The molecule has 0 atom stereocenters. The molecular weight excluding hydrogens is 312 g/mol. The molecule has 0 radical (unpaired) electrons. The number of benzene rings is 1. The molecule has 1 aliphatic carbocycles. The van der Waals surface area contributed by atoms with Gasteiger partial charge < -0.3 is 5.32 Å². The van der Waals surface area contributed by atoms with E-state index in [0.29, 0.717) is 0 Å². The van der Waals surface area contributed by atoms with Gasteiger partial charge in [0, 0.05) is 30.1 Å². The molecule has 1 aliphatic rings. The molecular formula is C14H20BrClN2. The molecule has 1 fully saturated rings. The monoisotopic (exact) mass is 330 g/mol. The molecule has 0 unspecified atom stereocenters. The summed E-state index contributed by atoms with van der Waals surface area (Å²) >= 11 is 9.47. The number of likely N-dealkylation sites (N-methyl/N-ethyl adjacent to an activating group) is 1. The van der Waals surface area contributed by atoms with Crippen LogP contribution in [0.15, 0.2) is 22.7 Å². The van der Waals surface area contributed by atoms with Gasteiger partial charge in [-0.25, -0.2) is 0 Å². The first-order chi connectivity index (χ1) is 8.70. The van der Waals surface area contributed by atoms with Crippen LogP contribution in [0.4, 0.5) is 0 Å². The Morgan fingerprint density at radius 2 is 2.22 bits per heavy atom. The molecule has 1 N–H and O–H groups in total. The lowest BCUT2D eigenvalue weighted by atomic mass is 10.2. The Labute approximate surface area is 123 Å². The van der Waals surface area contributed by atoms with E-state index >= 15 is 0 Å². The van der Waals surface area contributed by atoms with Crippen LogP contribution in [0.3, 0.4) is 0 Å². The van der Waals surface area contributed by atoms with E-state index in [-0.39, 0.29) is 0 Å². The summed E-state index contributed by atoms with van der Waals surface area (Å²) in [6, 6.07) is 6.97. The lowest BCUT2D eigenvalue weighted by Crippen LogP contribution is -2.33. The van der Waals surface area contributed by atoms with Crippen LogP contribution in [0.5, 0.6) is 0 Å². The molecule has 0 saturated heterocycles. The van der Waals surface area contributed by atoms with Crippen molar-refractivity contribution in [2.75, 3.05) is 19.6 Å². The second-order valence-corrected chi connectivity index (χ2v) is 6.05. The topological polar surface area (TPSA) is 15.3 Å². The van der Waals surface area contributed by atoms with E-state index in [0.717, 1.165) is 41.7 Å². The number of hydrogen-bond acceptors (Lipinski definition) is 2. The van der Waals surface area contributed by atoms with Crippen molar-refractivity contribution in [3.05, 3.63) is 33.3 Å². The largest absolute Gasteiger partial charge is 0.311 e. The zero-order valence-electron chi connectivity index (χ0n) is 10.8. The van der Waals surface area contributed by atoms with Crippen molar-refractivity contribution in [1.82, 2.24) is 10.2 Å². The second-order valence-electron chi connectivity index (χ2n) is 4.79. The van der Waals surface area contributed by atoms with E-state index in [9.17, 15) is 0 Å². The van der Waals surface area contributed by atoms with Crippen LogP contribution >= 0.6 is 27.5 Å². The van der Waals surface area contributed by atoms with E-state index in [4.69, 9.17) is 11.6 Å². The fraction of sp³-hybridized carbons (Fsp3) is 0.571. The summed E-state index contributed by atoms with van der Waals surface area (Å²) in [5.41, 5.74) is 1.23. The van der Waals surface area contributed by atoms with E-state index in [1.807, 2.05) is 12.1 Å². The van der Waals surface area contributed by atoms with Crippen LogP contribution in [0.25, 0.3) is 0 Å². The van der Waals surface area contributed by atoms with Gasteiger partial charge in [0.25, 0.3) is 0 Å². The highest BCUT2D eigenvalue weighted by Crippen LogP contribution is 2.26. The van der Waals surface area contributed by atoms with Gasteiger partial charge in [0.05, 0.1) is 5.02 Å². The highest BCUT2D eigenvalue weighted by atomic mass is 79.9. The van der Waals surface area contributed by atoms with Crippen molar-refractivity contribution in [2.45, 2.75) is 32.4 Å². The first kappa shape index (κ1) is 14.3. The van der Waals surface area contributed by atoms with Crippen LogP contribution in [0.1, 0.15) is 25.3 Å². The van der Waals surface area contributed by atoms with Gasteiger partial charge in [0.1, 0.15) is 0 Å². The molecule has 0 heterocycles. The molecule has 0 amide bonds. The molecule has 4 heteroatoms. The van der Waals surface area contributed by atoms with Crippen molar-refractivity contribution in [1.29, 1.82) is 0 Å². The molecule has 100 valence electrons. The van der Waals surface area contributed by atoms with Gasteiger partial charge in [0.15, 0.2) is 0 Å². The van der Waals surface area contributed by atoms with Gasteiger partial charge in [-0.05, 0) is 53.0 Å². The van der Waals surface area contributed by atoms with Gasteiger partial charge in [-0.3, -0.25) is 4.90 Å². The third-order valence-electron chi connectivity index (χ3n) is 3.36. The number of rotatable bonds is 7. The predicted octanol–water partition coefficient (Wildman–Crippen LogP) is 3.68. The van der Waals surface area contributed by atoms with Crippen molar-refractivity contribution in [3.63, 3.8) is 0 Å². The minimum absolute atomic E-state index is 0.780. The summed E-state index contributed by atoms with van der Waals surface area (Å²) in [5.74, 6) is 0. The SMILES string of the molecule is CCN(CCNCc1ccc(Br)c(Cl)c1)C1CC1. The lowest BCUT2D eigenvalue weighted by Gasteiger charge is -2.19. The van der Waals surface area contributed by atoms with Crippen LogP contribution in [-0.4, -0.2) is 30.6 Å². The van der Waals surface area contributed by atoms with Crippen molar-refractivity contribution in [3.8, 4) is 0 Å². The number of hydrogen-bond donors (Lipinski definition) is 1. The van der Waals surface area contributed by atoms with Gasteiger partial charge in [-0.15, -0.1) is 0 Å². The molecule has 1 aromatic rings. The minimum atomic E-state index is 0.780. The highest BCUT2D eigenvalue weighted by Gasteiger charge is 2.26. The molecule has 1 aromatic carbocycles. The zero-order chi connectivity index (χ0) is 13.0. The van der Waals surface area contributed by atoms with E-state index < -0.39 is 0 Å². The summed E-state index contributed by atoms with van der Waals surface area (Å²) in [6.07, 6.45) is 2.77. The van der Waals surface area contributed by atoms with Crippen LogP contribution in [0.2, 0.25) is 5.02 Å². The van der Waals surface area contributed by atoms with E-state index in [2.05, 4.69) is 39.1 Å². The molecule has 0 aliphatic heterocycles. The Morgan fingerprint density at radius 1 is 1.44 bits per heavy atom. The normalized spacial score (nSPS) is 15.3. The first-order valence-electron chi connectivity index (χ1n) is 6.59. The molecule has 0 bridgehead atoms. The van der Waals surface area contributed by atoms with E-state index in [1.165, 1.54) is 18.4 Å². The Morgan fingerprint density at radius 3 is 2.83 bits per heavy atom. The maximum absolute atomic E-state index is 6.07. The Balaban J connectivity index is 1.69. The standard InChI is InChI=1S/C14H20BrClN2/c1-2-18(12-4-5-12)8-7-17-10-11-3-6-13(15)14(16)9-11/h3,6,9,12,17H,2,4-5,7-8,10H2,1H3. The Bertz CT molecular complexity index is 393. The summed E-state index contributed by atoms with van der Waals surface area (Å²) in [4.78, 5) is 2.56. The van der Waals surface area contributed by atoms with Crippen LogP contribution in [-0.2, 0) is 6.54 Å².